The minimum Gasteiger partial charge on any atom is -0.462 e. The van der Waals surface area contributed by atoms with E-state index in [1.54, 1.807) is 6.92 Å². The minimum atomic E-state index is -0.841. The largest absolute Gasteiger partial charge is 0.462 e. The van der Waals surface area contributed by atoms with Crippen LogP contribution in [0, 0.1) is 6.92 Å². The van der Waals surface area contributed by atoms with Gasteiger partial charge in [0.25, 0.3) is 5.91 Å². The summed E-state index contributed by atoms with van der Waals surface area (Å²) in [5.41, 5.74) is 5.38. The number of nitrogens with zero attached hydrogens (tertiary/aromatic N) is 2. The zero-order valence-electron chi connectivity index (χ0n) is 13.4. The Balaban J connectivity index is 2.50. The van der Waals surface area contributed by atoms with Gasteiger partial charge in [0.15, 0.2) is 11.6 Å². The molecule has 0 aliphatic rings. The number of primary amides is 1. The van der Waals surface area contributed by atoms with Crippen molar-refractivity contribution in [1.82, 2.24) is 9.97 Å². The number of anilines is 2. The standard InChI is InChI=1S/C15H16N4O5/c1-4-23-15(22)9-5-17-6-18-13(9)19-14-11(12(16)21)10(7(2)20)8(3)24-14/h5-6H,4H2,1-3H3,(H2,16,21)(H,17,18,19). The zero-order chi connectivity index (χ0) is 17.9. The number of hydrogen-bond acceptors (Lipinski definition) is 8. The summed E-state index contributed by atoms with van der Waals surface area (Å²) in [6, 6.07) is 0. The molecule has 0 aliphatic heterocycles. The number of amides is 1. The van der Waals surface area contributed by atoms with Gasteiger partial charge in [-0.2, -0.15) is 0 Å². The van der Waals surface area contributed by atoms with Gasteiger partial charge < -0.3 is 20.2 Å². The topological polar surface area (TPSA) is 137 Å². The average Bonchev–Trinajstić information content (AvgIpc) is 2.84. The van der Waals surface area contributed by atoms with Crippen LogP contribution < -0.4 is 11.1 Å². The lowest BCUT2D eigenvalue weighted by molar-refractivity contribution is 0.0526. The second-order valence-corrected chi connectivity index (χ2v) is 4.79. The van der Waals surface area contributed by atoms with E-state index in [9.17, 15) is 14.4 Å². The van der Waals surface area contributed by atoms with Crippen LogP contribution >= 0.6 is 0 Å². The van der Waals surface area contributed by atoms with Crippen LogP contribution in [0.4, 0.5) is 11.7 Å². The third-order valence-electron chi connectivity index (χ3n) is 3.12. The summed E-state index contributed by atoms with van der Waals surface area (Å²) in [4.78, 5) is 43.1. The van der Waals surface area contributed by atoms with E-state index in [0.717, 1.165) is 0 Å². The number of nitrogens with one attached hydrogen (secondary N) is 1. The fourth-order valence-electron chi connectivity index (χ4n) is 2.19. The number of hydrogen-bond donors (Lipinski definition) is 2. The predicted molar refractivity (Wildman–Crippen MR) is 83.2 cm³/mol. The second kappa shape index (κ2) is 6.90. The van der Waals surface area contributed by atoms with Gasteiger partial charge in [0, 0.05) is 6.20 Å². The van der Waals surface area contributed by atoms with E-state index in [0.29, 0.717) is 0 Å². The molecule has 0 atom stereocenters. The molecule has 0 spiro atoms. The van der Waals surface area contributed by atoms with Gasteiger partial charge in [-0.25, -0.2) is 14.8 Å². The predicted octanol–water partition coefficient (Wildman–Crippen LogP) is 1.60. The van der Waals surface area contributed by atoms with Crippen LogP contribution in [-0.2, 0) is 4.74 Å². The molecule has 2 rings (SSSR count). The fourth-order valence-corrected chi connectivity index (χ4v) is 2.19. The molecular weight excluding hydrogens is 316 g/mol. The molecule has 126 valence electrons. The van der Waals surface area contributed by atoms with Crippen molar-refractivity contribution in [2.75, 3.05) is 11.9 Å². The molecule has 0 fully saturated rings. The van der Waals surface area contributed by atoms with Crippen LogP contribution in [0.25, 0.3) is 0 Å². The number of aryl methyl sites for hydroxylation is 1. The van der Waals surface area contributed by atoms with Crippen LogP contribution in [-0.4, -0.2) is 34.2 Å². The zero-order valence-corrected chi connectivity index (χ0v) is 13.4. The molecule has 0 aromatic carbocycles. The molecule has 24 heavy (non-hydrogen) atoms. The SMILES string of the molecule is CCOC(=O)c1cncnc1Nc1oc(C)c(C(C)=O)c1C(N)=O. The number of furan rings is 1. The Kier molecular flexibility index (Phi) is 4.93. The second-order valence-electron chi connectivity index (χ2n) is 4.79. The maximum absolute atomic E-state index is 11.9. The molecule has 3 N–H and O–H groups in total. The lowest BCUT2D eigenvalue weighted by atomic mass is 10.1. The molecule has 0 unspecified atom stereocenters. The Hall–Kier alpha value is -3.23. The summed E-state index contributed by atoms with van der Waals surface area (Å²) in [5.74, 6) is -1.64. The average molecular weight is 332 g/mol. The van der Waals surface area contributed by atoms with Crippen LogP contribution in [0.2, 0.25) is 0 Å². The molecule has 0 saturated carbocycles. The number of ether oxygens (including phenoxy) is 1. The van der Waals surface area contributed by atoms with Crippen molar-refractivity contribution in [3.63, 3.8) is 0 Å². The number of nitrogens with two attached hydrogens (primary N) is 1. The van der Waals surface area contributed by atoms with E-state index >= 15 is 0 Å². The van der Waals surface area contributed by atoms with Crippen molar-refractivity contribution in [2.24, 2.45) is 5.73 Å². The molecular formula is C15H16N4O5. The first-order valence-corrected chi connectivity index (χ1v) is 7.05. The summed E-state index contributed by atoms with van der Waals surface area (Å²) >= 11 is 0. The molecule has 9 nitrogen and oxygen atoms in total. The smallest absolute Gasteiger partial charge is 0.343 e. The summed E-state index contributed by atoms with van der Waals surface area (Å²) in [6.45, 7) is 4.66. The Labute approximate surface area is 137 Å². The summed E-state index contributed by atoms with van der Waals surface area (Å²) < 4.78 is 10.3. The van der Waals surface area contributed by atoms with Gasteiger partial charge in [-0.15, -0.1) is 0 Å². The van der Waals surface area contributed by atoms with E-state index in [1.165, 1.54) is 26.4 Å². The van der Waals surface area contributed by atoms with E-state index in [1.807, 2.05) is 0 Å². The minimum absolute atomic E-state index is 0.0493. The molecule has 2 aromatic heterocycles. The van der Waals surface area contributed by atoms with Crippen LogP contribution in [0.1, 0.15) is 50.7 Å². The Bertz CT molecular complexity index is 812. The number of esters is 1. The molecule has 0 radical (unpaired) electrons. The molecule has 0 aliphatic carbocycles. The van der Waals surface area contributed by atoms with E-state index in [-0.39, 0.29) is 46.5 Å². The lowest BCUT2D eigenvalue weighted by Gasteiger charge is -2.08. The number of carbonyl (C=O) groups excluding carboxylic acids is 3. The van der Waals surface area contributed by atoms with Gasteiger partial charge in [0.05, 0.1) is 12.2 Å². The Morgan fingerprint density at radius 2 is 2.04 bits per heavy atom. The quantitative estimate of drug-likeness (QED) is 0.601. The maximum Gasteiger partial charge on any atom is 0.343 e. The highest BCUT2D eigenvalue weighted by atomic mass is 16.5. The first kappa shape index (κ1) is 17.1. The van der Waals surface area contributed by atoms with Crippen LogP contribution in [0.3, 0.4) is 0 Å². The van der Waals surface area contributed by atoms with Crippen molar-refractivity contribution in [3.8, 4) is 0 Å². The first-order chi connectivity index (χ1) is 11.4. The number of Topliss-reactive ketones (excluding diaryl/α,β-unsaturated/α-hetero) is 1. The van der Waals surface area contributed by atoms with Gasteiger partial charge in [0.2, 0.25) is 5.88 Å². The molecule has 2 heterocycles. The molecule has 1 amide bonds. The van der Waals surface area contributed by atoms with Crippen molar-refractivity contribution in [1.29, 1.82) is 0 Å². The van der Waals surface area contributed by atoms with Crippen molar-refractivity contribution >= 4 is 29.4 Å². The Morgan fingerprint density at radius 3 is 2.62 bits per heavy atom. The third kappa shape index (κ3) is 3.24. The van der Waals surface area contributed by atoms with E-state index in [2.05, 4.69) is 15.3 Å². The van der Waals surface area contributed by atoms with Crippen molar-refractivity contribution in [2.45, 2.75) is 20.8 Å². The number of carbonyl (C=O) groups is 3. The highest BCUT2D eigenvalue weighted by molar-refractivity contribution is 6.10. The highest BCUT2D eigenvalue weighted by Gasteiger charge is 2.26. The van der Waals surface area contributed by atoms with Crippen molar-refractivity contribution in [3.05, 3.63) is 35.0 Å². The van der Waals surface area contributed by atoms with Gasteiger partial charge >= 0.3 is 5.97 Å². The van der Waals surface area contributed by atoms with Crippen LogP contribution in [0.5, 0.6) is 0 Å². The maximum atomic E-state index is 11.9. The highest BCUT2D eigenvalue weighted by Crippen LogP contribution is 2.30. The molecule has 9 heteroatoms. The molecule has 0 bridgehead atoms. The first-order valence-electron chi connectivity index (χ1n) is 7.05. The van der Waals surface area contributed by atoms with Gasteiger partial charge in [0.1, 0.15) is 23.2 Å². The fraction of sp³-hybridized carbons (Fsp3) is 0.267. The third-order valence-corrected chi connectivity index (χ3v) is 3.12. The summed E-state index contributed by atoms with van der Waals surface area (Å²) in [6.07, 6.45) is 2.47. The Morgan fingerprint density at radius 1 is 1.33 bits per heavy atom. The number of rotatable bonds is 6. The van der Waals surface area contributed by atoms with E-state index < -0.39 is 11.9 Å². The molecule has 2 aromatic rings. The van der Waals surface area contributed by atoms with Gasteiger partial charge in [-0.05, 0) is 20.8 Å². The summed E-state index contributed by atoms with van der Waals surface area (Å²) in [7, 11) is 0. The number of ketones is 1. The lowest BCUT2D eigenvalue weighted by Crippen LogP contribution is -2.16. The monoisotopic (exact) mass is 332 g/mol. The van der Waals surface area contributed by atoms with E-state index in [4.69, 9.17) is 14.9 Å². The van der Waals surface area contributed by atoms with Gasteiger partial charge in [-0.1, -0.05) is 0 Å². The van der Waals surface area contributed by atoms with Crippen LogP contribution in [0.15, 0.2) is 16.9 Å². The normalized spacial score (nSPS) is 10.3. The van der Waals surface area contributed by atoms with Gasteiger partial charge in [-0.3, -0.25) is 9.59 Å². The summed E-state index contributed by atoms with van der Waals surface area (Å²) in [5, 5.41) is 2.71. The number of aromatic nitrogens is 2. The van der Waals surface area contributed by atoms with Crippen molar-refractivity contribution < 1.29 is 23.5 Å². The molecule has 0 saturated heterocycles.